The summed E-state index contributed by atoms with van der Waals surface area (Å²) in [5.41, 5.74) is 3.50. The Bertz CT molecular complexity index is 1230. The van der Waals surface area contributed by atoms with E-state index in [1.165, 1.54) is 77.6 Å². The van der Waals surface area contributed by atoms with Crippen molar-refractivity contribution in [2.24, 2.45) is 5.16 Å². The van der Waals surface area contributed by atoms with Gasteiger partial charge in [-0.25, -0.2) is 4.79 Å². The number of nitro benzene ring substituents is 1. The number of aryl methyl sites for hydroxylation is 1. The number of oxime groups is 1. The van der Waals surface area contributed by atoms with Gasteiger partial charge in [-0.1, -0.05) is 88.8 Å². The van der Waals surface area contributed by atoms with Gasteiger partial charge in [0.15, 0.2) is 0 Å². The zero-order valence-electron chi connectivity index (χ0n) is 22.6. The topological polar surface area (TPSA) is 86.7 Å². The number of unbranched alkanes of at least 4 members (excludes halogenated alkanes) is 11. The van der Waals surface area contributed by atoms with E-state index < -0.39 is 5.97 Å². The van der Waals surface area contributed by atoms with Gasteiger partial charge in [-0.15, -0.1) is 0 Å². The maximum absolute atomic E-state index is 11.4. The zero-order chi connectivity index (χ0) is 26.6. The van der Waals surface area contributed by atoms with E-state index in [9.17, 15) is 14.9 Å². The molecule has 200 valence electrons. The molecule has 0 saturated carbocycles. The predicted octanol–water partition coefficient (Wildman–Crippen LogP) is 8.69. The van der Waals surface area contributed by atoms with Crippen molar-refractivity contribution in [1.29, 1.82) is 0 Å². The fraction of sp³-hybridized carbons (Fsp3) is 0.533. The molecule has 0 fully saturated rings. The van der Waals surface area contributed by atoms with Gasteiger partial charge in [0.1, 0.15) is 0 Å². The highest BCUT2D eigenvalue weighted by atomic mass is 16.7. The van der Waals surface area contributed by atoms with Gasteiger partial charge in [0.25, 0.3) is 5.69 Å². The van der Waals surface area contributed by atoms with E-state index in [0.717, 1.165) is 40.3 Å². The lowest BCUT2D eigenvalue weighted by molar-refractivity contribution is -0.384. The molecule has 7 nitrogen and oxygen atoms in total. The number of carbonyl (C=O) groups is 1. The molecule has 0 unspecified atom stereocenters. The number of fused-ring (bicyclic) bond motifs is 3. The van der Waals surface area contributed by atoms with E-state index in [1.54, 1.807) is 19.1 Å². The number of rotatable bonds is 16. The highest BCUT2D eigenvalue weighted by Gasteiger charge is 2.16. The minimum Gasteiger partial charge on any atom is -0.340 e. The molecule has 7 heteroatoms. The number of hydrogen-bond acceptors (Lipinski definition) is 5. The molecule has 0 aliphatic carbocycles. The molecule has 3 rings (SSSR count). The molecule has 0 radical (unpaired) electrons. The summed E-state index contributed by atoms with van der Waals surface area (Å²) in [6.07, 6.45) is 15.6. The van der Waals surface area contributed by atoms with Crippen molar-refractivity contribution in [3.63, 3.8) is 0 Å². The predicted molar refractivity (Wildman–Crippen MR) is 151 cm³/mol. The smallest absolute Gasteiger partial charge is 0.331 e. The second-order valence-electron chi connectivity index (χ2n) is 9.99. The molecule has 0 N–H and O–H groups in total. The first kappa shape index (κ1) is 28.4. The molecule has 1 heterocycles. The molecule has 0 aliphatic rings. The summed E-state index contributed by atoms with van der Waals surface area (Å²) in [5.74, 6) is -0.477. The van der Waals surface area contributed by atoms with Crippen molar-refractivity contribution in [1.82, 2.24) is 4.57 Å². The summed E-state index contributed by atoms with van der Waals surface area (Å²) in [6.45, 7) is 6.21. The SMILES string of the molecule is CCCCCCCCCCCCCCn1c2ccc(C(C)=NOC(C)=O)cc2c2cc([N+](=O)[O-])ccc21. The monoisotopic (exact) mass is 507 g/mol. The molecule has 0 aliphatic heterocycles. The molecule has 0 saturated heterocycles. The highest BCUT2D eigenvalue weighted by molar-refractivity contribution is 6.12. The Hall–Kier alpha value is -3.22. The van der Waals surface area contributed by atoms with Crippen molar-refractivity contribution >= 4 is 39.2 Å². The minimum absolute atomic E-state index is 0.0765. The lowest BCUT2D eigenvalue weighted by Crippen LogP contribution is -2.00. The maximum Gasteiger partial charge on any atom is 0.331 e. The minimum atomic E-state index is -0.477. The number of benzene rings is 2. The Kier molecular flexibility index (Phi) is 11.1. The number of nitrogens with zero attached hydrogens (tertiary/aromatic N) is 3. The standard InChI is InChI=1S/C30H41N3O4/c1-4-5-6-7-8-9-10-11-12-13-14-15-20-32-29-18-16-25(23(2)31-37-24(3)34)21-27(29)28-22-26(33(35)36)17-19-30(28)32/h16-19,21-22H,4-15,20H2,1-3H3. The van der Waals surface area contributed by atoms with Crippen LogP contribution in [-0.2, 0) is 16.2 Å². The lowest BCUT2D eigenvalue weighted by atomic mass is 10.1. The van der Waals surface area contributed by atoms with E-state index in [0.29, 0.717) is 5.71 Å². The lowest BCUT2D eigenvalue weighted by Gasteiger charge is -2.08. The van der Waals surface area contributed by atoms with E-state index in [4.69, 9.17) is 4.84 Å². The van der Waals surface area contributed by atoms with Crippen LogP contribution in [0.2, 0.25) is 0 Å². The van der Waals surface area contributed by atoms with Gasteiger partial charge < -0.3 is 9.40 Å². The fourth-order valence-electron chi connectivity index (χ4n) is 4.97. The van der Waals surface area contributed by atoms with Gasteiger partial charge >= 0.3 is 5.97 Å². The van der Waals surface area contributed by atoms with Crippen LogP contribution in [0.3, 0.4) is 0 Å². The number of hydrogen-bond donors (Lipinski definition) is 0. The summed E-state index contributed by atoms with van der Waals surface area (Å²) in [5, 5.41) is 17.1. The zero-order valence-corrected chi connectivity index (χ0v) is 22.6. The number of carbonyl (C=O) groups excluding carboxylic acids is 1. The van der Waals surface area contributed by atoms with Gasteiger partial charge in [-0.2, -0.15) is 0 Å². The summed E-state index contributed by atoms with van der Waals surface area (Å²) < 4.78 is 2.27. The highest BCUT2D eigenvalue weighted by Crippen LogP contribution is 2.33. The first-order chi connectivity index (χ1) is 17.9. The van der Waals surface area contributed by atoms with Crippen LogP contribution in [0.15, 0.2) is 41.6 Å². The fourth-order valence-corrected chi connectivity index (χ4v) is 4.97. The van der Waals surface area contributed by atoms with Crippen LogP contribution in [0.25, 0.3) is 21.8 Å². The number of nitro groups is 1. The van der Waals surface area contributed by atoms with Crippen LogP contribution in [0.4, 0.5) is 5.69 Å². The first-order valence-corrected chi connectivity index (χ1v) is 13.8. The Morgan fingerprint density at radius 3 is 1.95 bits per heavy atom. The van der Waals surface area contributed by atoms with E-state index in [2.05, 4.69) is 16.6 Å². The van der Waals surface area contributed by atoms with Gasteiger partial charge in [0.05, 0.1) is 10.6 Å². The van der Waals surface area contributed by atoms with E-state index >= 15 is 0 Å². The third-order valence-corrected chi connectivity index (χ3v) is 7.02. The van der Waals surface area contributed by atoms with Crippen LogP contribution in [0.5, 0.6) is 0 Å². The third kappa shape index (κ3) is 8.14. The van der Waals surface area contributed by atoms with Gasteiger partial charge in [-0.05, 0) is 37.1 Å². The first-order valence-electron chi connectivity index (χ1n) is 13.8. The van der Waals surface area contributed by atoms with Crippen molar-refractivity contribution in [3.05, 3.63) is 52.1 Å². The van der Waals surface area contributed by atoms with Crippen molar-refractivity contribution in [3.8, 4) is 0 Å². The van der Waals surface area contributed by atoms with Crippen LogP contribution in [-0.4, -0.2) is 21.2 Å². The third-order valence-electron chi connectivity index (χ3n) is 7.02. The summed E-state index contributed by atoms with van der Waals surface area (Å²) >= 11 is 0. The summed E-state index contributed by atoms with van der Waals surface area (Å²) in [6, 6.07) is 11.0. The Morgan fingerprint density at radius 2 is 1.38 bits per heavy atom. The molecule has 0 spiro atoms. The summed E-state index contributed by atoms with van der Waals surface area (Å²) in [7, 11) is 0. The van der Waals surface area contributed by atoms with Gasteiger partial charge in [0.2, 0.25) is 0 Å². The van der Waals surface area contributed by atoms with Gasteiger partial charge in [-0.3, -0.25) is 10.1 Å². The van der Waals surface area contributed by atoms with Crippen molar-refractivity contribution in [2.75, 3.05) is 0 Å². The molecule has 1 aromatic heterocycles. The van der Waals surface area contributed by atoms with Crippen molar-refractivity contribution < 1.29 is 14.6 Å². The Balaban J connectivity index is 1.65. The molecule has 0 amide bonds. The molecule has 0 bridgehead atoms. The normalized spacial score (nSPS) is 11.9. The van der Waals surface area contributed by atoms with Crippen molar-refractivity contribution in [2.45, 2.75) is 104 Å². The maximum atomic E-state index is 11.4. The number of non-ortho nitro benzene ring substituents is 1. The average Bonchev–Trinajstić information content (AvgIpc) is 3.20. The second-order valence-corrected chi connectivity index (χ2v) is 9.99. The molecular weight excluding hydrogens is 466 g/mol. The van der Waals surface area contributed by atoms with Crippen LogP contribution >= 0.6 is 0 Å². The Labute approximate surface area is 220 Å². The van der Waals surface area contributed by atoms with Gasteiger partial charge in [0, 0.05) is 47.4 Å². The molecule has 3 aromatic rings. The molecule has 37 heavy (non-hydrogen) atoms. The van der Waals surface area contributed by atoms with E-state index in [1.807, 2.05) is 24.3 Å². The summed E-state index contributed by atoms with van der Waals surface area (Å²) in [4.78, 5) is 27.0. The quantitative estimate of drug-likeness (QED) is 0.0638. The number of aromatic nitrogens is 1. The molecule has 0 atom stereocenters. The van der Waals surface area contributed by atoms with Crippen LogP contribution in [0.1, 0.15) is 103 Å². The Morgan fingerprint density at radius 1 is 0.838 bits per heavy atom. The van der Waals surface area contributed by atoms with Crippen LogP contribution < -0.4 is 0 Å². The van der Waals surface area contributed by atoms with Crippen LogP contribution in [0, 0.1) is 10.1 Å². The molecular formula is C30H41N3O4. The largest absolute Gasteiger partial charge is 0.340 e. The second kappa shape index (κ2) is 14.5. The average molecular weight is 508 g/mol. The van der Waals surface area contributed by atoms with E-state index in [-0.39, 0.29) is 10.6 Å². The molecule has 2 aromatic carbocycles.